The second-order valence-electron chi connectivity index (χ2n) is 7.26. The van der Waals surface area contributed by atoms with Crippen LogP contribution in [0.15, 0.2) is 44.1 Å². The van der Waals surface area contributed by atoms with Crippen molar-refractivity contribution in [1.82, 2.24) is 14.4 Å². The van der Waals surface area contributed by atoms with Crippen LogP contribution in [-0.4, -0.2) is 14.4 Å². The van der Waals surface area contributed by atoms with E-state index < -0.39 is 0 Å². The third-order valence-electron chi connectivity index (χ3n) is 5.31. The highest BCUT2D eigenvalue weighted by molar-refractivity contribution is 7.98. The van der Waals surface area contributed by atoms with Crippen molar-refractivity contribution in [3.05, 3.63) is 68.4 Å². The topological polar surface area (TPSA) is 84.2 Å². The third kappa shape index (κ3) is 3.24. The van der Waals surface area contributed by atoms with E-state index in [0.717, 1.165) is 48.2 Å². The lowest BCUT2D eigenvalue weighted by atomic mass is 9.89. The van der Waals surface area contributed by atoms with Gasteiger partial charge in [0.2, 0.25) is 0 Å². The Balaban J connectivity index is 1.56. The molecule has 0 fully saturated rings. The van der Waals surface area contributed by atoms with Crippen LogP contribution < -0.4 is 5.56 Å². The molecule has 30 heavy (non-hydrogen) atoms. The van der Waals surface area contributed by atoms with Crippen LogP contribution in [0, 0.1) is 18.3 Å². The van der Waals surface area contributed by atoms with E-state index in [9.17, 15) is 10.1 Å². The average Bonchev–Trinajstić information content (AvgIpc) is 3.41. The van der Waals surface area contributed by atoms with Gasteiger partial charge in [0.25, 0.3) is 5.56 Å². The van der Waals surface area contributed by atoms with Crippen LogP contribution in [0.4, 0.5) is 0 Å². The van der Waals surface area contributed by atoms with Crippen LogP contribution in [0.1, 0.15) is 41.1 Å². The zero-order valence-corrected chi connectivity index (χ0v) is 18.0. The van der Waals surface area contributed by atoms with Crippen molar-refractivity contribution in [1.29, 1.82) is 5.26 Å². The molecule has 0 radical (unpaired) electrons. The Morgan fingerprint density at radius 1 is 1.33 bits per heavy atom. The first-order chi connectivity index (χ1) is 14.7. The molecule has 0 atom stereocenters. The Kier molecular flexibility index (Phi) is 4.93. The van der Waals surface area contributed by atoms with Crippen molar-refractivity contribution in [3.63, 3.8) is 0 Å². The molecule has 0 N–H and O–H groups in total. The summed E-state index contributed by atoms with van der Waals surface area (Å²) < 4.78 is 7.29. The monoisotopic (exact) mass is 434 g/mol. The molecule has 150 valence electrons. The van der Waals surface area contributed by atoms with E-state index in [2.05, 4.69) is 11.1 Å². The maximum absolute atomic E-state index is 12.5. The zero-order valence-electron chi connectivity index (χ0n) is 16.3. The van der Waals surface area contributed by atoms with Gasteiger partial charge in [-0.05, 0) is 50.3 Å². The summed E-state index contributed by atoms with van der Waals surface area (Å²) in [7, 11) is 0. The minimum absolute atomic E-state index is 0.0791. The minimum atomic E-state index is -0.0791. The van der Waals surface area contributed by atoms with Gasteiger partial charge < -0.3 is 4.42 Å². The van der Waals surface area contributed by atoms with E-state index in [4.69, 9.17) is 9.40 Å². The SMILES string of the molecule is Cc1csc2nc(CSc3nc4c(c(-c5ccco5)c3C#N)CCCC4)cc(=O)n12. The maximum Gasteiger partial charge on any atom is 0.258 e. The van der Waals surface area contributed by atoms with Crippen LogP contribution in [0.2, 0.25) is 0 Å². The molecule has 4 aromatic rings. The predicted octanol–water partition coefficient (Wildman–Crippen LogP) is 4.76. The van der Waals surface area contributed by atoms with Gasteiger partial charge in [-0.1, -0.05) is 11.8 Å². The molecule has 1 aliphatic rings. The van der Waals surface area contributed by atoms with Crippen LogP contribution in [-0.2, 0) is 18.6 Å². The lowest BCUT2D eigenvalue weighted by Crippen LogP contribution is -2.14. The van der Waals surface area contributed by atoms with Gasteiger partial charge in [-0.3, -0.25) is 9.20 Å². The number of hydrogen-bond acceptors (Lipinski definition) is 7. The summed E-state index contributed by atoms with van der Waals surface area (Å²) in [5.74, 6) is 1.18. The number of nitriles is 1. The summed E-state index contributed by atoms with van der Waals surface area (Å²) in [6.07, 6.45) is 5.63. The Morgan fingerprint density at radius 3 is 3.00 bits per heavy atom. The lowest BCUT2D eigenvalue weighted by molar-refractivity contribution is 0.578. The molecule has 0 unspecified atom stereocenters. The molecule has 4 heterocycles. The van der Waals surface area contributed by atoms with Gasteiger partial charge >= 0.3 is 0 Å². The molecule has 0 spiro atoms. The molecule has 0 amide bonds. The molecule has 0 aliphatic heterocycles. The molecular weight excluding hydrogens is 416 g/mol. The number of aromatic nitrogens is 3. The van der Waals surface area contributed by atoms with Crippen LogP contribution in [0.5, 0.6) is 0 Å². The molecule has 0 saturated carbocycles. The van der Waals surface area contributed by atoms with Gasteiger partial charge in [-0.15, -0.1) is 11.3 Å². The molecule has 5 rings (SSSR count). The summed E-state index contributed by atoms with van der Waals surface area (Å²) >= 11 is 2.90. The summed E-state index contributed by atoms with van der Waals surface area (Å²) in [4.78, 5) is 22.6. The molecule has 6 nitrogen and oxygen atoms in total. The van der Waals surface area contributed by atoms with Gasteiger partial charge in [-0.25, -0.2) is 9.97 Å². The zero-order chi connectivity index (χ0) is 20.7. The van der Waals surface area contributed by atoms with Crippen molar-refractivity contribution >= 4 is 28.1 Å². The van der Waals surface area contributed by atoms with Gasteiger partial charge in [-0.2, -0.15) is 5.26 Å². The number of nitrogens with zero attached hydrogens (tertiary/aromatic N) is 4. The first kappa shape index (κ1) is 19.1. The van der Waals surface area contributed by atoms with E-state index >= 15 is 0 Å². The Labute approximate surface area is 181 Å². The normalized spacial score (nSPS) is 13.3. The fraction of sp³-hybridized carbons (Fsp3) is 0.273. The summed E-state index contributed by atoms with van der Waals surface area (Å²) in [6.45, 7) is 1.90. The highest BCUT2D eigenvalue weighted by Gasteiger charge is 2.24. The third-order valence-corrected chi connectivity index (χ3v) is 7.26. The number of aryl methyl sites for hydroxylation is 2. The molecule has 0 bridgehead atoms. The van der Waals surface area contributed by atoms with Gasteiger partial charge in [0.05, 0.1) is 17.5 Å². The second kappa shape index (κ2) is 7.74. The fourth-order valence-electron chi connectivity index (χ4n) is 3.94. The number of pyridine rings is 1. The Bertz CT molecular complexity index is 1350. The van der Waals surface area contributed by atoms with E-state index in [1.807, 2.05) is 24.4 Å². The highest BCUT2D eigenvalue weighted by Crippen LogP contribution is 2.38. The predicted molar refractivity (Wildman–Crippen MR) is 117 cm³/mol. The number of fused-ring (bicyclic) bond motifs is 2. The Hall–Kier alpha value is -2.89. The van der Waals surface area contributed by atoms with Gasteiger partial charge in [0, 0.05) is 34.2 Å². The maximum atomic E-state index is 12.5. The molecule has 0 aromatic carbocycles. The van der Waals surface area contributed by atoms with E-state index in [1.165, 1.54) is 23.1 Å². The van der Waals surface area contributed by atoms with E-state index in [-0.39, 0.29) is 5.56 Å². The molecule has 4 aromatic heterocycles. The van der Waals surface area contributed by atoms with Crippen LogP contribution in [0.3, 0.4) is 0 Å². The summed E-state index contributed by atoms with van der Waals surface area (Å²) in [5, 5.41) is 12.6. The van der Waals surface area contributed by atoms with Crippen molar-refractivity contribution in [2.45, 2.75) is 43.4 Å². The van der Waals surface area contributed by atoms with Crippen molar-refractivity contribution in [2.24, 2.45) is 0 Å². The standard InChI is InChI=1S/C22H18N4O2S2/c1-13-11-30-22-24-14(9-19(27)26(13)22)12-29-21-16(10-23)20(18-7-4-8-28-18)15-5-2-3-6-17(15)25-21/h4,7-9,11H,2-3,5-6,12H2,1H3. The molecule has 1 aliphatic carbocycles. The largest absolute Gasteiger partial charge is 0.464 e. The second-order valence-corrected chi connectivity index (χ2v) is 9.06. The van der Waals surface area contributed by atoms with Gasteiger partial charge in [0.15, 0.2) is 4.96 Å². The highest BCUT2D eigenvalue weighted by atomic mass is 32.2. The van der Waals surface area contributed by atoms with Crippen molar-refractivity contribution in [2.75, 3.05) is 0 Å². The van der Waals surface area contributed by atoms with Crippen molar-refractivity contribution < 1.29 is 4.42 Å². The number of rotatable bonds is 4. The fourth-order valence-corrected chi connectivity index (χ4v) is 5.73. The first-order valence-electron chi connectivity index (χ1n) is 9.75. The van der Waals surface area contributed by atoms with Crippen LogP contribution in [0.25, 0.3) is 16.3 Å². The molecular formula is C22H18N4O2S2. The number of furan rings is 1. The first-order valence-corrected chi connectivity index (χ1v) is 11.6. The summed E-state index contributed by atoms with van der Waals surface area (Å²) in [6, 6.07) is 7.66. The average molecular weight is 435 g/mol. The van der Waals surface area contributed by atoms with E-state index in [0.29, 0.717) is 32.8 Å². The van der Waals surface area contributed by atoms with E-state index in [1.54, 1.807) is 16.7 Å². The Morgan fingerprint density at radius 2 is 2.20 bits per heavy atom. The molecule has 8 heteroatoms. The molecule has 0 saturated heterocycles. The lowest BCUT2D eigenvalue weighted by Gasteiger charge is -2.20. The smallest absolute Gasteiger partial charge is 0.258 e. The van der Waals surface area contributed by atoms with Gasteiger partial charge in [0.1, 0.15) is 16.9 Å². The number of thioether (sulfide) groups is 1. The van der Waals surface area contributed by atoms with Crippen LogP contribution >= 0.6 is 23.1 Å². The number of hydrogen-bond donors (Lipinski definition) is 0. The number of thiazole rings is 1. The summed E-state index contributed by atoms with van der Waals surface area (Å²) in [5.41, 5.74) is 5.08. The quantitative estimate of drug-likeness (QED) is 0.431. The minimum Gasteiger partial charge on any atom is -0.464 e. The van der Waals surface area contributed by atoms with Crippen molar-refractivity contribution in [3.8, 4) is 17.4 Å².